The molecule has 0 atom stereocenters. The van der Waals surface area contributed by atoms with Gasteiger partial charge in [-0.15, -0.1) is 20.5 Å². The largest absolute Gasteiger partial charge is 0.462 e. The summed E-state index contributed by atoms with van der Waals surface area (Å²) >= 11 is 0. The number of carbonyl (C=O) groups is 2. The number of halogens is 2. The Labute approximate surface area is 204 Å². The SMILES string of the molecule is CCOC(=O)c1c(C)[nH+]c(C)c(C(=O)OCC)c1-c1ccc[n+](C)c1.[O-][Cl+3]([O-])([O-])[O-].[O-][Cl+3]([O-])([O-])[O-]. The van der Waals surface area contributed by atoms with Gasteiger partial charge in [0.05, 0.1) is 13.2 Å². The maximum Gasteiger partial charge on any atom is 0.345 e. The highest BCUT2D eigenvalue weighted by Gasteiger charge is 2.32. The third kappa shape index (κ3) is 13.2. The monoisotopic (exact) mass is 542 g/mol. The summed E-state index contributed by atoms with van der Waals surface area (Å²) in [4.78, 5) is 28.3. The van der Waals surface area contributed by atoms with Crippen molar-refractivity contribution in [3.05, 3.63) is 47.0 Å². The third-order valence-corrected chi connectivity index (χ3v) is 3.81. The van der Waals surface area contributed by atoms with Crippen LogP contribution in [0.2, 0.25) is 0 Å². The summed E-state index contributed by atoms with van der Waals surface area (Å²) in [5.74, 6) is -0.938. The number of nitrogens with zero attached hydrogens (tertiary/aromatic N) is 1. The lowest BCUT2D eigenvalue weighted by Crippen LogP contribution is -2.68. The Morgan fingerprint density at radius 3 is 1.54 bits per heavy atom. The Morgan fingerprint density at radius 2 is 1.23 bits per heavy atom. The molecule has 0 bridgehead atoms. The molecule has 2 rings (SSSR count). The van der Waals surface area contributed by atoms with Crippen LogP contribution >= 0.6 is 0 Å². The number of pyridine rings is 2. The van der Waals surface area contributed by atoms with Crippen molar-refractivity contribution < 1.29 is 86.4 Å². The summed E-state index contributed by atoms with van der Waals surface area (Å²) < 4.78 is 80.2. The van der Waals surface area contributed by atoms with Gasteiger partial charge >= 0.3 is 11.9 Å². The van der Waals surface area contributed by atoms with E-state index in [1.165, 1.54) is 0 Å². The van der Waals surface area contributed by atoms with Crippen molar-refractivity contribution in [3.8, 4) is 11.1 Å². The second-order valence-corrected chi connectivity index (χ2v) is 7.97. The predicted molar refractivity (Wildman–Crippen MR) is 91.0 cm³/mol. The number of rotatable bonds is 5. The predicted octanol–water partition coefficient (Wildman–Crippen LogP) is -7.55. The number of carbonyl (C=O) groups excluding carboxylic acids is 2. The zero-order chi connectivity index (χ0) is 27.6. The van der Waals surface area contributed by atoms with E-state index in [0.29, 0.717) is 28.1 Å². The van der Waals surface area contributed by atoms with Gasteiger partial charge in [0.1, 0.15) is 18.2 Å². The van der Waals surface area contributed by atoms with Gasteiger partial charge in [0.15, 0.2) is 23.8 Å². The molecule has 0 radical (unpaired) electrons. The van der Waals surface area contributed by atoms with Gasteiger partial charge < -0.3 is 9.47 Å². The first-order valence-electron chi connectivity index (χ1n) is 9.50. The van der Waals surface area contributed by atoms with Gasteiger partial charge in [-0.25, -0.2) is 56.4 Å². The lowest BCUT2D eigenvalue weighted by molar-refractivity contribution is -2.00. The second-order valence-electron chi connectivity index (χ2n) is 6.45. The molecule has 0 unspecified atom stereocenters. The van der Waals surface area contributed by atoms with Crippen molar-refractivity contribution in [1.82, 2.24) is 0 Å². The highest BCUT2D eigenvalue weighted by atomic mass is 35.7. The van der Waals surface area contributed by atoms with Crippen LogP contribution in [0.4, 0.5) is 0 Å². The van der Waals surface area contributed by atoms with E-state index in [1.54, 1.807) is 27.7 Å². The number of aryl methyl sites for hydroxylation is 3. The zero-order valence-electron chi connectivity index (χ0n) is 19.3. The summed E-state index contributed by atoms with van der Waals surface area (Å²) in [6, 6.07) is 3.72. The van der Waals surface area contributed by atoms with E-state index in [1.807, 2.05) is 36.1 Å². The molecule has 0 spiro atoms. The Kier molecular flexibility index (Phi) is 13.1. The van der Waals surface area contributed by atoms with Crippen LogP contribution in [-0.2, 0) is 16.5 Å². The molecule has 0 saturated heterocycles. The molecule has 14 nitrogen and oxygen atoms in total. The minimum Gasteiger partial charge on any atom is -0.462 e. The van der Waals surface area contributed by atoms with E-state index in [0.717, 1.165) is 5.56 Å². The van der Waals surface area contributed by atoms with Crippen LogP contribution in [0.5, 0.6) is 0 Å². The van der Waals surface area contributed by atoms with Gasteiger partial charge in [-0.1, -0.05) is 0 Å². The van der Waals surface area contributed by atoms with Crippen molar-refractivity contribution in [3.63, 3.8) is 0 Å². The molecule has 0 aromatic carbocycles. The maximum absolute atomic E-state index is 12.6. The molecule has 2 heterocycles. The molecule has 196 valence electrons. The van der Waals surface area contributed by atoms with Crippen molar-refractivity contribution in [1.29, 1.82) is 0 Å². The summed E-state index contributed by atoms with van der Waals surface area (Å²) in [5, 5.41) is 0. The number of aromatic nitrogens is 2. The summed E-state index contributed by atoms with van der Waals surface area (Å²) in [5.41, 5.74) is 3.26. The number of hydrogen-bond acceptors (Lipinski definition) is 12. The van der Waals surface area contributed by atoms with Gasteiger partial charge in [0.2, 0.25) is 0 Å². The van der Waals surface area contributed by atoms with Crippen molar-refractivity contribution >= 4 is 11.9 Å². The van der Waals surface area contributed by atoms with E-state index >= 15 is 0 Å². The lowest BCUT2D eigenvalue weighted by Gasteiger charge is -2.17. The standard InChI is InChI=1S/C19H23N2O4.2ClHO4/c1-6-24-18(22)15-12(3)20-13(4)16(19(23)25-7-2)17(15)14-9-8-10-21(5)11-14;2*2-1(3,4)5/h8-11H,6-7H2,1-5H3;2*(H,2,3,4,5)/q+1;;/p-1. The fraction of sp³-hybridized carbons (Fsp3) is 0.368. The van der Waals surface area contributed by atoms with Gasteiger partial charge in [0.25, 0.3) is 0 Å². The number of H-pyrrole nitrogens is 1. The van der Waals surface area contributed by atoms with Crippen molar-refractivity contribution in [2.24, 2.45) is 7.05 Å². The van der Waals surface area contributed by atoms with Crippen LogP contribution in [0.25, 0.3) is 11.1 Å². The molecule has 1 N–H and O–H groups in total. The number of aromatic amines is 1. The zero-order valence-corrected chi connectivity index (χ0v) is 20.8. The molecule has 0 aliphatic carbocycles. The van der Waals surface area contributed by atoms with Crippen LogP contribution in [0.3, 0.4) is 0 Å². The lowest BCUT2D eigenvalue weighted by atomic mass is 9.93. The molecule has 16 heteroatoms. The summed E-state index contributed by atoms with van der Waals surface area (Å²) in [7, 11) is -8.01. The molecule has 0 fully saturated rings. The smallest absolute Gasteiger partial charge is 0.345 e. The number of esters is 2. The molecule has 2 aromatic rings. The Bertz CT molecular complexity index is 940. The van der Waals surface area contributed by atoms with Crippen LogP contribution in [0, 0.1) is 34.3 Å². The number of ether oxygens (including phenoxy) is 2. The minimum absolute atomic E-state index is 0.253. The summed E-state index contributed by atoms with van der Waals surface area (Å²) in [6.07, 6.45) is 3.74. The molecule has 0 aliphatic rings. The average Bonchev–Trinajstić information content (AvgIpc) is 2.65. The van der Waals surface area contributed by atoms with Gasteiger partial charge in [-0.2, -0.15) is 0 Å². The fourth-order valence-corrected chi connectivity index (χ4v) is 2.85. The minimum atomic E-state index is -4.94. The van der Waals surface area contributed by atoms with E-state index in [2.05, 4.69) is 4.98 Å². The molecule has 2 aromatic heterocycles. The first-order chi connectivity index (χ1) is 15.9. The Hall–Kier alpha value is -2.50. The molecule has 0 amide bonds. The Morgan fingerprint density at radius 1 is 0.857 bits per heavy atom. The molecule has 0 saturated carbocycles. The van der Waals surface area contributed by atoms with Gasteiger partial charge in [-0.05, 0) is 19.9 Å². The molecular weight excluding hydrogens is 519 g/mol. The quantitative estimate of drug-likeness (QED) is 0.252. The van der Waals surface area contributed by atoms with E-state index < -0.39 is 32.4 Å². The highest BCUT2D eigenvalue weighted by molar-refractivity contribution is 6.06. The normalized spacial score (nSPS) is 10.9. The first kappa shape index (κ1) is 32.5. The van der Waals surface area contributed by atoms with Gasteiger partial charge in [-0.3, -0.25) is 0 Å². The number of hydrogen-bond donors (Lipinski definition) is 0. The van der Waals surface area contributed by atoms with Crippen molar-refractivity contribution in [2.45, 2.75) is 27.7 Å². The van der Waals surface area contributed by atoms with Crippen LogP contribution < -0.4 is 46.8 Å². The van der Waals surface area contributed by atoms with E-state index in [9.17, 15) is 9.59 Å². The van der Waals surface area contributed by atoms with E-state index in [-0.39, 0.29) is 13.2 Å². The summed E-state index contributed by atoms with van der Waals surface area (Å²) in [6.45, 7) is 7.59. The number of nitrogens with one attached hydrogen (secondary N) is 1. The third-order valence-electron chi connectivity index (χ3n) is 3.81. The van der Waals surface area contributed by atoms with Crippen LogP contribution in [-0.4, -0.2) is 25.2 Å². The molecular formula is C19H24Cl2N2O12. The van der Waals surface area contributed by atoms with Crippen LogP contribution in [0.15, 0.2) is 24.5 Å². The molecule has 0 aliphatic heterocycles. The Balaban J connectivity index is 0.000000975. The maximum atomic E-state index is 12.6. The highest BCUT2D eigenvalue weighted by Crippen LogP contribution is 2.30. The van der Waals surface area contributed by atoms with Crippen LogP contribution in [0.1, 0.15) is 46.0 Å². The second kappa shape index (κ2) is 14.2. The average molecular weight is 543 g/mol. The van der Waals surface area contributed by atoms with Crippen molar-refractivity contribution in [2.75, 3.05) is 13.2 Å². The fourth-order valence-electron chi connectivity index (χ4n) is 2.85. The van der Waals surface area contributed by atoms with E-state index in [4.69, 9.17) is 46.7 Å². The molecule has 35 heavy (non-hydrogen) atoms. The topological polar surface area (TPSA) is 255 Å². The van der Waals surface area contributed by atoms with Gasteiger partial charge in [0, 0.05) is 31.0 Å². The first-order valence-corrected chi connectivity index (χ1v) is 12.0.